The second kappa shape index (κ2) is 11.8. The van der Waals surface area contributed by atoms with Crippen molar-refractivity contribution in [2.24, 2.45) is 0 Å². The predicted octanol–water partition coefficient (Wildman–Crippen LogP) is 2.13. The van der Waals surface area contributed by atoms with Crippen molar-refractivity contribution in [2.45, 2.75) is 6.42 Å². The van der Waals surface area contributed by atoms with E-state index in [0.717, 1.165) is 5.56 Å². The molecule has 1 aliphatic rings. The molecule has 0 saturated carbocycles. The highest BCUT2D eigenvalue weighted by Crippen LogP contribution is 2.09. The quantitative estimate of drug-likeness (QED) is 0.367. The van der Waals surface area contributed by atoms with Gasteiger partial charge >= 0.3 is 0 Å². The number of sulfonamides is 1. The molecule has 1 heterocycles. The van der Waals surface area contributed by atoms with Gasteiger partial charge in [-0.2, -0.15) is 0 Å². The normalized spacial score (nSPS) is 13.6. The molecule has 8 nitrogen and oxygen atoms in total. The molecule has 1 aliphatic heterocycles. The maximum Gasteiger partial charge on any atom is 0.263 e. The molecule has 33 heavy (non-hydrogen) atoms. The average molecular weight is 467 g/mol. The SMILES string of the molecule is O=C(CN1C=CC=C(C(=O)NNS(=O)(=O)CC=CCc2ccccc2)C1)Nc1ccccc1. The van der Waals surface area contributed by atoms with Gasteiger partial charge in [-0.3, -0.25) is 15.0 Å². The van der Waals surface area contributed by atoms with Crippen LogP contribution < -0.4 is 15.6 Å². The lowest BCUT2D eigenvalue weighted by molar-refractivity contribution is -0.119. The number of rotatable bonds is 10. The van der Waals surface area contributed by atoms with Crippen LogP contribution in [0.4, 0.5) is 5.69 Å². The largest absolute Gasteiger partial charge is 0.364 e. The Morgan fingerprint density at radius 3 is 2.39 bits per heavy atom. The van der Waals surface area contributed by atoms with Gasteiger partial charge in [0.15, 0.2) is 0 Å². The number of carbonyl (C=O) groups excluding carboxylic acids is 2. The molecule has 0 unspecified atom stereocenters. The maximum absolute atomic E-state index is 12.4. The van der Waals surface area contributed by atoms with Crippen LogP contribution in [0, 0.1) is 0 Å². The Labute approximate surface area is 193 Å². The monoisotopic (exact) mass is 466 g/mol. The van der Waals surface area contributed by atoms with E-state index in [9.17, 15) is 18.0 Å². The van der Waals surface area contributed by atoms with Crippen molar-refractivity contribution in [2.75, 3.05) is 24.2 Å². The molecule has 0 aliphatic carbocycles. The summed E-state index contributed by atoms with van der Waals surface area (Å²) in [6.07, 6.45) is 8.84. The summed E-state index contributed by atoms with van der Waals surface area (Å²) in [5.41, 5.74) is 4.31. The van der Waals surface area contributed by atoms with Gasteiger partial charge in [0.2, 0.25) is 15.9 Å². The molecule has 0 fully saturated rings. The lowest BCUT2D eigenvalue weighted by atomic mass is 10.1. The van der Waals surface area contributed by atoms with E-state index in [1.807, 2.05) is 48.5 Å². The molecule has 0 bridgehead atoms. The van der Waals surface area contributed by atoms with Gasteiger partial charge in [0, 0.05) is 17.8 Å². The number of hydrogen-bond donors (Lipinski definition) is 3. The van der Waals surface area contributed by atoms with Gasteiger partial charge < -0.3 is 10.2 Å². The van der Waals surface area contributed by atoms with Crippen LogP contribution in [0.2, 0.25) is 0 Å². The Balaban J connectivity index is 1.42. The molecule has 0 spiro atoms. The smallest absolute Gasteiger partial charge is 0.263 e. The number of para-hydroxylation sites is 1. The van der Waals surface area contributed by atoms with Gasteiger partial charge in [-0.25, -0.2) is 8.42 Å². The van der Waals surface area contributed by atoms with Crippen molar-refractivity contribution < 1.29 is 18.0 Å². The number of nitrogens with zero attached hydrogens (tertiary/aromatic N) is 1. The van der Waals surface area contributed by atoms with Crippen LogP contribution in [0.5, 0.6) is 0 Å². The number of hydrogen-bond acceptors (Lipinski definition) is 5. The number of nitrogens with one attached hydrogen (secondary N) is 3. The van der Waals surface area contributed by atoms with Crippen LogP contribution in [-0.4, -0.2) is 44.0 Å². The molecule has 0 saturated heterocycles. The molecule has 3 N–H and O–H groups in total. The summed E-state index contributed by atoms with van der Waals surface area (Å²) >= 11 is 0. The van der Waals surface area contributed by atoms with E-state index >= 15 is 0 Å². The van der Waals surface area contributed by atoms with E-state index in [1.165, 1.54) is 6.08 Å². The standard InChI is InChI=1S/C24H26N4O4S/c29-23(25-22-14-5-2-6-15-22)19-28-16-9-13-21(18-28)24(30)26-27-33(31,32)17-8-7-12-20-10-3-1-4-11-20/h1-11,13-16,27H,12,17-19H2,(H,25,29)(H,26,30). The molecule has 2 amide bonds. The minimum absolute atomic E-state index is 0.0496. The van der Waals surface area contributed by atoms with Gasteiger partial charge in [-0.1, -0.05) is 66.8 Å². The summed E-state index contributed by atoms with van der Waals surface area (Å²) in [4.78, 5) is 28.4. The average Bonchev–Trinajstić information content (AvgIpc) is 2.82. The Bertz CT molecular complexity index is 1140. The first-order valence-electron chi connectivity index (χ1n) is 10.4. The van der Waals surface area contributed by atoms with Crippen molar-refractivity contribution in [1.29, 1.82) is 0 Å². The second-order valence-corrected chi connectivity index (χ2v) is 9.12. The van der Waals surface area contributed by atoms with Gasteiger partial charge in [0.05, 0.1) is 12.3 Å². The highest BCUT2D eigenvalue weighted by molar-refractivity contribution is 7.89. The fourth-order valence-electron chi connectivity index (χ4n) is 3.04. The zero-order chi connectivity index (χ0) is 23.5. The van der Waals surface area contributed by atoms with Crippen molar-refractivity contribution in [1.82, 2.24) is 15.2 Å². The summed E-state index contributed by atoms with van der Waals surface area (Å²) in [5, 5.41) is 2.78. The van der Waals surface area contributed by atoms with Crippen molar-refractivity contribution in [3.8, 4) is 0 Å². The summed E-state index contributed by atoms with van der Waals surface area (Å²) in [6.45, 7) is 0.219. The number of amides is 2. The summed E-state index contributed by atoms with van der Waals surface area (Å²) in [7, 11) is -3.73. The van der Waals surface area contributed by atoms with Crippen LogP contribution in [0.3, 0.4) is 0 Å². The van der Waals surface area contributed by atoms with Gasteiger partial charge in [-0.15, -0.1) is 4.83 Å². The molecule has 0 aromatic heterocycles. The van der Waals surface area contributed by atoms with Crippen molar-refractivity contribution in [3.05, 3.63) is 102 Å². The lowest BCUT2D eigenvalue weighted by Crippen LogP contribution is -2.45. The summed E-state index contributed by atoms with van der Waals surface area (Å²) in [6, 6.07) is 18.7. The number of carbonyl (C=O) groups is 2. The highest BCUT2D eigenvalue weighted by atomic mass is 32.2. The van der Waals surface area contributed by atoms with Gasteiger partial charge in [0.1, 0.15) is 0 Å². The topological polar surface area (TPSA) is 108 Å². The molecule has 2 aromatic carbocycles. The number of allylic oxidation sites excluding steroid dienone is 3. The van der Waals surface area contributed by atoms with E-state index in [0.29, 0.717) is 17.7 Å². The Hall–Kier alpha value is -3.69. The zero-order valence-electron chi connectivity index (χ0n) is 18.0. The first-order valence-corrected chi connectivity index (χ1v) is 12.0. The van der Waals surface area contributed by atoms with Crippen LogP contribution >= 0.6 is 0 Å². The first-order chi connectivity index (χ1) is 15.9. The molecule has 0 radical (unpaired) electrons. The minimum Gasteiger partial charge on any atom is -0.364 e. The number of hydrazine groups is 1. The summed E-state index contributed by atoms with van der Waals surface area (Å²) in [5.74, 6) is -1.06. The molecular weight excluding hydrogens is 440 g/mol. The van der Waals surface area contributed by atoms with Gasteiger partial charge in [0.25, 0.3) is 5.91 Å². The number of benzene rings is 2. The third kappa shape index (κ3) is 8.40. The van der Waals surface area contributed by atoms with Gasteiger partial charge in [-0.05, 0) is 36.4 Å². The Morgan fingerprint density at radius 2 is 1.67 bits per heavy atom. The Kier molecular flexibility index (Phi) is 8.56. The van der Waals surface area contributed by atoms with Crippen LogP contribution in [0.25, 0.3) is 0 Å². The molecule has 3 rings (SSSR count). The summed E-state index contributed by atoms with van der Waals surface area (Å²) < 4.78 is 24.3. The van der Waals surface area contributed by atoms with Crippen LogP contribution in [0.15, 0.2) is 96.7 Å². The second-order valence-electron chi connectivity index (χ2n) is 7.35. The van der Waals surface area contributed by atoms with Crippen molar-refractivity contribution in [3.63, 3.8) is 0 Å². The molecule has 9 heteroatoms. The third-order valence-electron chi connectivity index (χ3n) is 4.66. The molecule has 172 valence electrons. The van der Waals surface area contributed by atoms with Crippen LogP contribution in [-0.2, 0) is 26.0 Å². The van der Waals surface area contributed by atoms with Crippen LogP contribution in [0.1, 0.15) is 5.56 Å². The minimum atomic E-state index is -3.73. The predicted molar refractivity (Wildman–Crippen MR) is 128 cm³/mol. The van der Waals surface area contributed by atoms with E-state index in [-0.39, 0.29) is 24.7 Å². The van der Waals surface area contributed by atoms with E-state index in [1.54, 1.807) is 41.5 Å². The third-order valence-corrected chi connectivity index (χ3v) is 5.71. The zero-order valence-corrected chi connectivity index (χ0v) is 18.8. The first kappa shape index (κ1) is 24.0. The highest BCUT2D eigenvalue weighted by Gasteiger charge is 2.18. The fourth-order valence-corrected chi connectivity index (χ4v) is 3.76. The van der Waals surface area contributed by atoms with E-state index < -0.39 is 15.9 Å². The number of anilines is 1. The van der Waals surface area contributed by atoms with Crippen molar-refractivity contribution >= 4 is 27.5 Å². The molecular formula is C24H26N4O4S. The van der Waals surface area contributed by atoms with E-state index in [4.69, 9.17) is 0 Å². The van der Waals surface area contributed by atoms with E-state index in [2.05, 4.69) is 15.6 Å². The molecule has 0 atom stereocenters. The fraction of sp³-hybridized carbons (Fsp3) is 0.167. The maximum atomic E-state index is 12.4. The Morgan fingerprint density at radius 1 is 0.970 bits per heavy atom. The lowest BCUT2D eigenvalue weighted by Gasteiger charge is -2.23. The molecule has 2 aromatic rings.